The second-order valence-corrected chi connectivity index (χ2v) is 13.4. The van der Waals surface area contributed by atoms with Gasteiger partial charge in [0.25, 0.3) is 0 Å². The lowest BCUT2D eigenvalue weighted by atomic mass is 9.48. The molecule has 0 aliphatic heterocycles. The number of methoxy groups -OCH3 is 4. The highest BCUT2D eigenvalue weighted by molar-refractivity contribution is 6.01. The minimum atomic E-state index is -1.17. The summed E-state index contributed by atoms with van der Waals surface area (Å²) >= 11 is 0. The van der Waals surface area contributed by atoms with Crippen molar-refractivity contribution in [2.45, 2.75) is 61.9 Å². The molecule has 0 spiro atoms. The van der Waals surface area contributed by atoms with Crippen molar-refractivity contribution in [3.63, 3.8) is 0 Å². The molecule has 0 heterocycles. The lowest BCUT2D eigenvalue weighted by Crippen LogP contribution is -2.56. The maximum atomic E-state index is 12.8. The number of benzene rings is 1. The van der Waals surface area contributed by atoms with Crippen molar-refractivity contribution in [2.24, 2.45) is 23.7 Å². The molecule has 4 N–H and O–H groups in total. The molecule has 1 aromatic rings. The summed E-state index contributed by atoms with van der Waals surface area (Å²) in [4.78, 5) is 51.4. The fraction of sp³-hybridized carbons (Fsp3) is 0.500. The topological polar surface area (TPSA) is 186 Å². The molecule has 10 atom stereocenters. The molecule has 8 rings (SSSR count). The van der Waals surface area contributed by atoms with Crippen molar-refractivity contribution >= 4 is 23.9 Å². The molecule has 48 heavy (non-hydrogen) atoms. The van der Waals surface area contributed by atoms with Crippen LogP contribution < -0.4 is 0 Å². The first-order valence-electron chi connectivity index (χ1n) is 16.1. The van der Waals surface area contributed by atoms with E-state index in [4.69, 9.17) is 18.9 Å². The number of ether oxygens (including phenoxy) is 4. The van der Waals surface area contributed by atoms with E-state index in [1.54, 1.807) is 0 Å². The number of aliphatic hydroxyl groups excluding tert-OH is 4. The molecule has 0 fully saturated rings. The van der Waals surface area contributed by atoms with Crippen molar-refractivity contribution < 1.29 is 58.6 Å². The van der Waals surface area contributed by atoms with Gasteiger partial charge in [-0.2, -0.15) is 0 Å². The second kappa shape index (κ2) is 11.8. The molecule has 7 aliphatic carbocycles. The van der Waals surface area contributed by atoms with Gasteiger partial charge in [0.15, 0.2) is 0 Å². The summed E-state index contributed by atoms with van der Waals surface area (Å²) < 4.78 is 19.9. The largest absolute Gasteiger partial charge is 0.466 e. The molecule has 2 bridgehead atoms. The zero-order valence-corrected chi connectivity index (χ0v) is 27.0. The third-order valence-corrected chi connectivity index (χ3v) is 11.7. The van der Waals surface area contributed by atoms with Crippen molar-refractivity contribution in [1.82, 2.24) is 0 Å². The van der Waals surface area contributed by atoms with Gasteiger partial charge in [0.1, 0.15) is 0 Å². The van der Waals surface area contributed by atoms with E-state index in [-0.39, 0.29) is 48.0 Å². The van der Waals surface area contributed by atoms with Crippen LogP contribution in [-0.2, 0) is 38.1 Å². The van der Waals surface area contributed by atoms with Crippen LogP contribution >= 0.6 is 0 Å². The fourth-order valence-electron chi connectivity index (χ4n) is 9.74. The number of hydrogen-bond donors (Lipinski definition) is 4. The van der Waals surface area contributed by atoms with Gasteiger partial charge in [0, 0.05) is 34.1 Å². The lowest BCUT2D eigenvalue weighted by Gasteiger charge is -2.58. The number of esters is 4. The number of aliphatic hydroxyl groups is 4. The van der Waals surface area contributed by atoms with Gasteiger partial charge in [-0.3, -0.25) is 0 Å². The van der Waals surface area contributed by atoms with Crippen molar-refractivity contribution in [3.8, 4) is 0 Å². The molecule has 0 amide bonds. The first kappa shape index (κ1) is 32.4. The Bertz CT molecular complexity index is 1540. The predicted octanol–water partition coefficient (Wildman–Crippen LogP) is 1.28. The van der Waals surface area contributed by atoms with Crippen LogP contribution in [0, 0.1) is 23.7 Å². The molecule has 7 aliphatic rings. The third kappa shape index (κ3) is 4.35. The molecule has 2 unspecified atom stereocenters. The third-order valence-electron chi connectivity index (χ3n) is 11.7. The second-order valence-electron chi connectivity index (χ2n) is 13.4. The van der Waals surface area contributed by atoms with Crippen molar-refractivity contribution in [1.29, 1.82) is 0 Å². The normalized spacial score (nSPS) is 34.8. The highest BCUT2D eigenvalue weighted by Crippen LogP contribution is 2.66. The van der Waals surface area contributed by atoms with E-state index in [1.807, 2.05) is 24.3 Å². The fourth-order valence-corrected chi connectivity index (χ4v) is 9.74. The Morgan fingerprint density at radius 2 is 0.708 bits per heavy atom. The van der Waals surface area contributed by atoms with Gasteiger partial charge in [-0.1, -0.05) is 24.3 Å². The van der Waals surface area contributed by atoms with Crippen LogP contribution in [0.5, 0.6) is 0 Å². The van der Waals surface area contributed by atoms with E-state index in [1.165, 1.54) is 28.4 Å². The van der Waals surface area contributed by atoms with E-state index in [0.29, 0.717) is 22.3 Å². The predicted molar refractivity (Wildman–Crippen MR) is 165 cm³/mol. The molecule has 0 saturated heterocycles. The smallest absolute Gasteiger partial charge is 0.334 e. The highest BCUT2D eigenvalue weighted by Gasteiger charge is 2.61. The van der Waals surface area contributed by atoms with E-state index >= 15 is 0 Å². The summed E-state index contributed by atoms with van der Waals surface area (Å²) in [6.45, 7) is 0. The Balaban J connectivity index is 1.36. The molecule has 0 aromatic heterocycles. The van der Waals surface area contributed by atoms with Crippen LogP contribution in [0.15, 0.2) is 68.9 Å². The number of rotatable bonds is 4. The van der Waals surface area contributed by atoms with Crippen LogP contribution in [0.1, 0.15) is 48.6 Å². The monoisotopic (exact) mass is 662 g/mol. The maximum absolute atomic E-state index is 12.8. The number of carbonyl (C=O) groups is 4. The lowest BCUT2D eigenvalue weighted by molar-refractivity contribution is -0.141. The van der Waals surface area contributed by atoms with Crippen LogP contribution in [-0.4, -0.2) is 97.2 Å². The first-order valence-corrected chi connectivity index (χ1v) is 16.1. The Morgan fingerprint density at radius 1 is 0.479 bits per heavy atom. The van der Waals surface area contributed by atoms with Crippen LogP contribution in [0.25, 0.3) is 0 Å². The molecule has 254 valence electrons. The number of fused-ring (bicyclic) bond motifs is 2. The van der Waals surface area contributed by atoms with Gasteiger partial charge >= 0.3 is 23.9 Å². The summed E-state index contributed by atoms with van der Waals surface area (Å²) in [6.07, 6.45) is -4.86. The molecular formula is C36H38O12. The van der Waals surface area contributed by atoms with Gasteiger partial charge in [-0.15, -0.1) is 0 Å². The van der Waals surface area contributed by atoms with Crippen LogP contribution in [0.4, 0.5) is 0 Å². The van der Waals surface area contributed by atoms with Gasteiger partial charge in [-0.25, -0.2) is 19.2 Å². The summed E-state index contributed by atoms with van der Waals surface area (Å²) in [7, 11) is 4.82. The molecule has 1 aromatic carbocycles. The maximum Gasteiger partial charge on any atom is 0.334 e. The van der Waals surface area contributed by atoms with Crippen molar-refractivity contribution in [2.75, 3.05) is 28.4 Å². The average Bonchev–Trinajstić information content (AvgIpc) is 3.12. The van der Waals surface area contributed by atoms with Gasteiger partial charge < -0.3 is 39.4 Å². The highest BCUT2D eigenvalue weighted by atomic mass is 16.5. The Labute approximate surface area is 276 Å². The zero-order chi connectivity index (χ0) is 34.3. The first-order chi connectivity index (χ1) is 23.0. The minimum Gasteiger partial charge on any atom is -0.466 e. The summed E-state index contributed by atoms with van der Waals surface area (Å²) in [5.74, 6) is -6.96. The van der Waals surface area contributed by atoms with Crippen LogP contribution in [0.3, 0.4) is 0 Å². The Kier molecular flexibility index (Phi) is 7.97. The average molecular weight is 663 g/mol. The van der Waals surface area contributed by atoms with E-state index in [9.17, 15) is 39.6 Å². The summed E-state index contributed by atoms with van der Waals surface area (Å²) in [5.41, 5.74) is 4.03. The number of carbonyl (C=O) groups excluding carboxylic acids is 4. The zero-order valence-electron chi connectivity index (χ0n) is 27.0. The minimum absolute atomic E-state index is 0.0405. The Morgan fingerprint density at radius 3 is 0.917 bits per heavy atom. The SMILES string of the molecule is COC(=O)C1=C(C(=O)OC)C[C@H]2[C@@H](C1)[C@@H](O)C1=C(C3C4=C(C1c1ccccc13)[C@@H](O)[C@H]1CC(C(=O)OC)=C(C(=O)OC)C[C@H]1[C@H]4O)[C@H]2O. The van der Waals surface area contributed by atoms with Gasteiger partial charge in [-0.05, 0) is 82.8 Å². The summed E-state index contributed by atoms with van der Waals surface area (Å²) in [5, 5.41) is 48.9. The summed E-state index contributed by atoms with van der Waals surface area (Å²) in [6, 6.07) is 7.52. The molecular weight excluding hydrogens is 624 g/mol. The van der Waals surface area contributed by atoms with E-state index < -0.39 is 83.8 Å². The Hall–Kier alpha value is -4.10. The van der Waals surface area contributed by atoms with Gasteiger partial charge in [0.05, 0.1) is 52.9 Å². The van der Waals surface area contributed by atoms with Gasteiger partial charge in [0.2, 0.25) is 0 Å². The van der Waals surface area contributed by atoms with E-state index in [2.05, 4.69) is 0 Å². The molecule has 0 saturated carbocycles. The van der Waals surface area contributed by atoms with E-state index in [0.717, 1.165) is 11.1 Å². The molecule has 0 radical (unpaired) electrons. The molecule has 12 nitrogen and oxygen atoms in total. The number of hydrogen-bond acceptors (Lipinski definition) is 12. The molecule has 12 heteroatoms. The quantitative estimate of drug-likeness (QED) is 0.206. The van der Waals surface area contributed by atoms with Crippen molar-refractivity contribution in [3.05, 3.63) is 80.0 Å². The van der Waals surface area contributed by atoms with Crippen LogP contribution in [0.2, 0.25) is 0 Å². The standard InChI is InChI=1S/C36H38O12/c1-45-33(41)19-9-15-16(10-20(19)34(42)46-2)30(38)26-24-14-8-6-5-7-13(14)23(25(26)29(15)37)27-28(24)32(40)18-12-22(36(44)48-4)21(35(43)47-3)11-17(18)31(27)39/h5-8,15-18,23-24,29-32,37-40H,9-12H2,1-4H3/t15-,16+,17+,18-,23?,24?,29-,30+,31+,32-.